The van der Waals surface area contributed by atoms with Gasteiger partial charge in [0.25, 0.3) is 0 Å². The molecule has 1 aromatic rings. The van der Waals surface area contributed by atoms with Gasteiger partial charge in [-0.2, -0.15) is 0 Å². The molecule has 0 amide bonds. The minimum Gasteiger partial charge on any atom is -0.487 e. The molecule has 2 N–H and O–H groups in total. The van der Waals surface area contributed by atoms with Gasteiger partial charge in [-0.25, -0.2) is 9.37 Å². The highest BCUT2D eigenvalue weighted by atomic mass is 19.1. The summed E-state index contributed by atoms with van der Waals surface area (Å²) in [6.07, 6.45) is 0. The van der Waals surface area contributed by atoms with Crippen molar-refractivity contribution in [3.05, 3.63) is 17.8 Å². The van der Waals surface area contributed by atoms with Crippen molar-refractivity contribution in [3.63, 3.8) is 0 Å². The zero-order valence-corrected chi connectivity index (χ0v) is 6.88. The number of alkyl halides is 1. The molecule has 1 rings (SSSR count). The molecule has 0 bridgehead atoms. The van der Waals surface area contributed by atoms with Crippen molar-refractivity contribution in [1.29, 1.82) is 0 Å². The van der Waals surface area contributed by atoms with Crippen molar-refractivity contribution < 1.29 is 9.13 Å². The standard InChI is InChI=1S/C8H11FN2O/c1-6-2-3-7(8(10)11-6)12-5-4-9/h2-3H,4-5H2,1H3,(H2,10,11). The lowest BCUT2D eigenvalue weighted by Gasteiger charge is -2.05. The SMILES string of the molecule is Cc1ccc(OCCF)c(N)n1. The third-order valence-corrected chi connectivity index (χ3v) is 1.36. The molecule has 0 unspecified atom stereocenters. The van der Waals surface area contributed by atoms with E-state index in [2.05, 4.69) is 4.98 Å². The maximum absolute atomic E-state index is 11.7. The molecule has 0 spiro atoms. The maximum atomic E-state index is 11.7. The molecule has 66 valence electrons. The molecule has 12 heavy (non-hydrogen) atoms. The molecule has 0 fully saturated rings. The van der Waals surface area contributed by atoms with Gasteiger partial charge in [0.15, 0.2) is 11.6 Å². The van der Waals surface area contributed by atoms with Crippen molar-refractivity contribution >= 4 is 5.82 Å². The van der Waals surface area contributed by atoms with Gasteiger partial charge < -0.3 is 10.5 Å². The van der Waals surface area contributed by atoms with Gasteiger partial charge >= 0.3 is 0 Å². The molecule has 0 atom stereocenters. The van der Waals surface area contributed by atoms with E-state index in [0.29, 0.717) is 11.6 Å². The Morgan fingerprint density at radius 3 is 2.92 bits per heavy atom. The van der Waals surface area contributed by atoms with Crippen LogP contribution in [-0.4, -0.2) is 18.3 Å². The second kappa shape index (κ2) is 3.90. The van der Waals surface area contributed by atoms with Crippen molar-refractivity contribution in [3.8, 4) is 5.75 Å². The van der Waals surface area contributed by atoms with Crippen LogP contribution < -0.4 is 10.5 Å². The highest BCUT2D eigenvalue weighted by Gasteiger charge is 2.00. The highest BCUT2D eigenvalue weighted by Crippen LogP contribution is 2.18. The van der Waals surface area contributed by atoms with Crippen LogP contribution in [0.25, 0.3) is 0 Å². The minimum absolute atomic E-state index is 0.0228. The predicted octanol–water partition coefficient (Wildman–Crippen LogP) is 1.32. The van der Waals surface area contributed by atoms with Gasteiger partial charge in [-0.05, 0) is 19.1 Å². The first-order chi connectivity index (χ1) is 5.74. The molecule has 0 saturated carbocycles. The first-order valence-corrected chi connectivity index (χ1v) is 3.66. The van der Waals surface area contributed by atoms with Gasteiger partial charge in [0.2, 0.25) is 0 Å². The fourth-order valence-corrected chi connectivity index (χ4v) is 0.835. The number of aromatic nitrogens is 1. The Bertz CT molecular complexity index is 265. The summed E-state index contributed by atoms with van der Waals surface area (Å²) in [5.74, 6) is 0.752. The summed E-state index contributed by atoms with van der Waals surface area (Å²) >= 11 is 0. The minimum atomic E-state index is -0.521. The normalized spacial score (nSPS) is 9.83. The van der Waals surface area contributed by atoms with Gasteiger partial charge in [-0.1, -0.05) is 0 Å². The molecule has 4 heteroatoms. The molecule has 3 nitrogen and oxygen atoms in total. The Kier molecular flexibility index (Phi) is 2.85. The van der Waals surface area contributed by atoms with E-state index in [1.807, 2.05) is 6.92 Å². The number of nitrogens with two attached hydrogens (primary N) is 1. The number of halogens is 1. The van der Waals surface area contributed by atoms with Crippen LogP contribution in [0.5, 0.6) is 5.75 Å². The van der Waals surface area contributed by atoms with E-state index in [1.54, 1.807) is 12.1 Å². The molecule has 0 saturated heterocycles. The Labute approximate surface area is 70.4 Å². The van der Waals surface area contributed by atoms with Crippen LogP contribution in [0.15, 0.2) is 12.1 Å². The summed E-state index contributed by atoms with van der Waals surface area (Å²) in [5.41, 5.74) is 6.32. The average Bonchev–Trinajstić information content (AvgIpc) is 2.03. The fraction of sp³-hybridized carbons (Fsp3) is 0.375. The number of nitrogen functional groups attached to an aromatic ring is 1. The van der Waals surface area contributed by atoms with Crippen LogP contribution in [0.3, 0.4) is 0 Å². The third-order valence-electron chi connectivity index (χ3n) is 1.36. The lowest BCUT2D eigenvalue weighted by Crippen LogP contribution is -2.03. The second-order valence-corrected chi connectivity index (χ2v) is 2.37. The monoisotopic (exact) mass is 170 g/mol. The molecule has 1 heterocycles. The van der Waals surface area contributed by atoms with Crippen molar-refractivity contribution in [2.45, 2.75) is 6.92 Å². The van der Waals surface area contributed by atoms with Gasteiger partial charge in [0, 0.05) is 5.69 Å². The zero-order chi connectivity index (χ0) is 8.97. The van der Waals surface area contributed by atoms with Crippen LogP contribution in [0, 0.1) is 6.92 Å². The number of aryl methyl sites for hydroxylation is 1. The van der Waals surface area contributed by atoms with Gasteiger partial charge in [0.05, 0.1) is 0 Å². The number of hydrogen-bond acceptors (Lipinski definition) is 3. The summed E-state index contributed by atoms with van der Waals surface area (Å²) in [6, 6.07) is 3.46. The average molecular weight is 170 g/mol. The Morgan fingerprint density at radius 1 is 1.58 bits per heavy atom. The van der Waals surface area contributed by atoms with Crippen LogP contribution in [-0.2, 0) is 0 Å². The summed E-state index contributed by atoms with van der Waals surface area (Å²) in [5, 5.41) is 0. The van der Waals surface area contributed by atoms with Gasteiger partial charge in [-0.15, -0.1) is 0 Å². The molecule has 0 aromatic carbocycles. The van der Waals surface area contributed by atoms with E-state index in [-0.39, 0.29) is 6.61 Å². The van der Waals surface area contributed by atoms with E-state index in [4.69, 9.17) is 10.5 Å². The third kappa shape index (κ3) is 2.08. The van der Waals surface area contributed by atoms with E-state index < -0.39 is 6.67 Å². The van der Waals surface area contributed by atoms with E-state index in [9.17, 15) is 4.39 Å². The van der Waals surface area contributed by atoms with Crippen LogP contribution >= 0.6 is 0 Å². The number of hydrogen-bond donors (Lipinski definition) is 1. The first-order valence-electron chi connectivity index (χ1n) is 3.66. The molecule has 0 aliphatic carbocycles. The molecule has 0 radical (unpaired) electrons. The number of anilines is 1. The molecule has 0 aliphatic heterocycles. The van der Waals surface area contributed by atoms with Crippen molar-refractivity contribution in [2.24, 2.45) is 0 Å². The second-order valence-electron chi connectivity index (χ2n) is 2.37. The summed E-state index contributed by atoms with van der Waals surface area (Å²) in [7, 11) is 0. The summed E-state index contributed by atoms with van der Waals surface area (Å²) in [6.45, 7) is 1.33. The highest BCUT2D eigenvalue weighted by molar-refractivity contribution is 5.46. The Hall–Kier alpha value is -1.32. The maximum Gasteiger partial charge on any atom is 0.166 e. The van der Waals surface area contributed by atoms with E-state index >= 15 is 0 Å². The predicted molar refractivity (Wildman–Crippen MR) is 44.9 cm³/mol. The summed E-state index contributed by atoms with van der Waals surface area (Å²) < 4.78 is 16.7. The molecule has 1 aromatic heterocycles. The zero-order valence-electron chi connectivity index (χ0n) is 6.88. The topological polar surface area (TPSA) is 48.1 Å². The largest absolute Gasteiger partial charge is 0.487 e. The van der Waals surface area contributed by atoms with E-state index in [1.165, 1.54) is 0 Å². The number of rotatable bonds is 3. The van der Waals surface area contributed by atoms with Crippen molar-refractivity contribution in [1.82, 2.24) is 4.98 Å². The fourth-order valence-electron chi connectivity index (χ4n) is 0.835. The smallest absolute Gasteiger partial charge is 0.166 e. The van der Waals surface area contributed by atoms with Crippen LogP contribution in [0.4, 0.5) is 10.2 Å². The number of pyridine rings is 1. The van der Waals surface area contributed by atoms with Crippen LogP contribution in [0.2, 0.25) is 0 Å². The van der Waals surface area contributed by atoms with Gasteiger partial charge in [-0.3, -0.25) is 0 Å². The first kappa shape index (κ1) is 8.77. The Balaban J connectivity index is 2.72. The van der Waals surface area contributed by atoms with Crippen molar-refractivity contribution in [2.75, 3.05) is 19.0 Å². The van der Waals surface area contributed by atoms with Crippen LogP contribution in [0.1, 0.15) is 5.69 Å². The lowest BCUT2D eigenvalue weighted by molar-refractivity contribution is 0.274. The number of nitrogens with zero attached hydrogens (tertiary/aromatic N) is 1. The Morgan fingerprint density at radius 2 is 2.33 bits per heavy atom. The summed E-state index contributed by atoms with van der Waals surface area (Å²) in [4.78, 5) is 3.96. The van der Waals surface area contributed by atoms with E-state index in [0.717, 1.165) is 5.69 Å². The quantitative estimate of drug-likeness (QED) is 0.744. The molecular formula is C8H11FN2O. The lowest BCUT2D eigenvalue weighted by atomic mass is 10.3. The molecule has 0 aliphatic rings. The van der Waals surface area contributed by atoms with Gasteiger partial charge in [0.1, 0.15) is 13.3 Å². The number of ether oxygens (including phenoxy) is 1. The molecular weight excluding hydrogens is 159 g/mol.